The Morgan fingerprint density at radius 3 is 2.66 bits per heavy atom. The number of fused-ring (bicyclic) bond motifs is 4. The molecule has 0 unspecified atom stereocenters. The van der Waals surface area contributed by atoms with Crippen molar-refractivity contribution in [1.82, 2.24) is 4.90 Å². The van der Waals surface area contributed by atoms with Gasteiger partial charge >= 0.3 is 5.97 Å². The van der Waals surface area contributed by atoms with E-state index in [1.54, 1.807) is 20.1 Å². The summed E-state index contributed by atoms with van der Waals surface area (Å²) in [6.45, 7) is 3.69. The largest absolute Gasteiger partial charge is 0.492 e. The number of ether oxygens (including phenoxy) is 4. The van der Waals surface area contributed by atoms with Gasteiger partial charge in [0.2, 0.25) is 18.4 Å². The maximum Gasteiger partial charge on any atom is 0.308 e. The summed E-state index contributed by atoms with van der Waals surface area (Å²) in [6, 6.07) is 5.52. The van der Waals surface area contributed by atoms with Gasteiger partial charge < -0.3 is 23.8 Å². The molecule has 0 bridgehead atoms. The van der Waals surface area contributed by atoms with Gasteiger partial charge in [0.25, 0.3) is 0 Å². The molecule has 2 heterocycles. The second-order valence-corrected chi connectivity index (χ2v) is 7.43. The number of carbonyl (C=O) groups excluding carboxylic acids is 2. The summed E-state index contributed by atoms with van der Waals surface area (Å²) >= 11 is 0. The Hall–Kier alpha value is -3.22. The van der Waals surface area contributed by atoms with E-state index >= 15 is 0 Å². The van der Waals surface area contributed by atoms with Crippen LogP contribution in [-0.4, -0.2) is 37.2 Å². The van der Waals surface area contributed by atoms with Crippen LogP contribution in [0.4, 0.5) is 0 Å². The van der Waals surface area contributed by atoms with Crippen molar-refractivity contribution in [3.05, 3.63) is 34.9 Å². The van der Waals surface area contributed by atoms with Crippen molar-refractivity contribution in [3.8, 4) is 34.1 Å². The molecule has 0 saturated heterocycles. The number of hydrogen-bond acceptors (Lipinski definition) is 6. The SMILES string of the molecule is COc1c2c3c(c4c1OCO4)-c1c(cccc1OC(C)=O)C[C@H]3N(C(C)=O)CC2. The molecule has 150 valence electrons. The standard InChI is InChI=1S/C22H21NO6/c1-11(24)23-8-7-14-18-15(23)9-13-5-4-6-16(29-12(2)25)17(13)19(18)21-22(20(14)26-3)28-10-27-21/h4-6,15H,7-10H2,1-3H3/t15-/m1/s1. The fourth-order valence-electron chi connectivity index (χ4n) is 4.86. The molecule has 1 aliphatic carbocycles. The molecule has 0 saturated carbocycles. The maximum atomic E-state index is 12.4. The molecule has 7 nitrogen and oxygen atoms in total. The van der Waals surface area contributed by atoms with Gasteiger partial charge in [-0.3, -0.25) is 9.59 Å². The fourth-order valence-corrected chi connectivity index (χ4v) is 4.86. The van der Waals surface area contributed by atoms with E-state index in [9.17, 15) is 9.59 Å². The molecule has 0 aromatic heterocycles. The number of methoxy groups -OCH3 is 1. The van der Waals surface area contributed by atoms with Crippen molar-refractivity contribution in [2.75, 3.05) is 20.4 Å². The highest BCUT2D eigenvalue weighted by Gasteiger charge is 2.43. The highest BCUT2D eigenvalue weighted by atomic mass is 16.7. The zero-order valence-corrected chi connectivity index (χ0v) is 16.5. The van der Waals surface area contributed by atoms with Crippen molar-refractivity contribution < 1.29 is 28.5 Å². The minimum atomic E-state index is -0.387. The summed E-state index contributed by atoms with van der Waals surface area (Å²) in [5, 5.41) is 0. The van der Waals surface area contributed by atoms with Gasteiger partial charge in [0.15, 0.2) is 11.5 Å². The average molecular weight is 395 g/mol. The van der Waals surface area contributed by atoms with Gasteiger partial charge in [0.1, 0.15) is 5.75 Å². The molecule has 0 radical (unpaired) electrons. The summed E-state index contributed by atoms with van der Waals surface area (Å²) in [6.07, 6.45) is 1.29. The molecular formula is C22H21NO6. The lowest BCUT2D eigenvalue weighted by molar-refractivity contribution is -0.132. The summed E-state index contributed by atoms with van der Waals surface area (Å²) in [7, 11) is 1.62. The number of amides is 1. The first kappa shape index (κ1) is 17.8. The molecule has 29 heavy (non-hydrogen) atoms. The molecule has 2 aromatic rings. The van der Waals surface area contributed by atoms with E-state index in [1.807, 2.05) is 17.0 Å². The van der Waals surface area contributed by atoms with Crippen LogP contribution in [0.2, 0.25) is 0 Å². The lowest BCUT2D eigenvalue weighted by Gasteiger charge is -2.42. The van der Waals surface area contributed by atoms with E-state index < -0.39 is 0 Å². The molecule has 7 heteroatoms. The van der Waals surface area contributed by atoms with Crippen LogP contribution in [0.3, 0.4) is 0 Å². The zero-order chi connectivity index (χ0) is 20.3. The Morgan fingerprint density at radius 1 is 1.14 bits per heavy atom. The molecule has 3 aliphatic rings. The second-order valence-electron chi connectivity index (χ2n) is 7.43. The smallest absolute Gasteiger partial charge is 0.308 e. The Labute approximate surface area is 168 Å². The Kier molecular flexibility index (Phi) is 3.94. The number of nitrogens with zero attached hydrogens (tertiary/aromatic N) is 1. The number of rotatable bonds is 2. The predicted molar refractivity (Wildman–Crippen MR) is 103 cm³/mol. The lowest BCUT2D eigenvalue weighted by atomic mass is 9.75. The third-order valence-corrected chi connectivity index (χ3v) is 5.86. The summed E-state index contributed by atoms with van der Waals surface area (Å²) < 4.78 is 22.9. The van der Waals surface area contributed by atoms with Crippen LogP contribution in [0.25, 0.3) is 11.1 Å². The third kappa shape index (κ3) is 2.50. The van der Waals surface area contributed by atoms with Crippen LogP contribution in [0.1, 0.15) is 36.6 Å². The highest BCUT2D eigenvalue weighted by molar-refractivity contribution is 5.91. The quantitative estimate of drug-likeness (QED) is 0.575. The van der Waals surface area contributed by atoms with Gasteiger partial charge in [-0.1, -0.05) is 12.1 Å². The van der Waals surface area contributed by atoms with Crippen LogP contribution in [0.15, 0.2) is 18.2 Å². The normalized spacial score (nSPS) is 18.0. The maximum absolute atomic E-state index is 12.4. The summed E-state index contributed by atoms with van der Waals surface area (Å²) in [5.41, 5.74) is 4.69. The number of esters is 1. The Bertz CT molecular complexity index is 1060. The average Bonchev–Trinajstić information content (AvgIpc) is 3.16. The van der Waals surface area contributed by atoms with E-state index in [0.717, 1.165) is 27.8 Å². The van der Waals surface area contributed by atoms with E-state index in [1.165, 1.54) is 6.92 Å². The van der Waals surface area contributed by atoms with Gasteiger partial charge in [-0.25, -0.2) is 0 Å². The van der Waals surface area contributed by atoms with E-state index in [4.69, 9.17) is 18.9 Å². The van der Waals surface area contributed by atoms with Gasteiger partial charge in [-0.05, 0) is 30.0 Å². The lowest BCUT2D eigenvalue weighted by Crippen LogP contribution is -2.41. The number of carbonyl (C=O) groups is 2. The predicted octanol–water partition coefficient (Wildman–Crippen LogP) is 3.02. The van der Waals surface area contributed by atoms with Crippen molar-refractivity contribution in [1.29, 1.82) is 0 Å². The van der Waals surface area contributed by atoms with Crippen LogP contribution < -0.4 is 18.9 Å². The molecule has 1 amide bonds. The van der Waals surface area contributed by atoms with Crippen molar-refractivity contribution >= 4 is 11.9 Å². The van der Waals surface area contributed by atoms with Crippen molar-refractivity contribution in [2.24, 2.45) is 0 Å². The first-order valence-electron chi connectivity index (χ1n) is 9.61. The first-order valence-corrected chi connectivity index (χ1v) is 9.61. The first-order chi connectivity index (χ1) is 14.0. The topological polar surface area (TPSA) is 74.3 Å². The van der Waals surface area contributed by atoms with Crippen LogP contribution in [0, 0.1) is 0 Å². The Balaban J connectivity index is 1.86. The molecule has 1 atom stereocenters. The van der Waals surface area contributed by atoms with Crippen LogP contribution in [-0.2, 0) is 22.4 Å². The molecular weight excluding hydrogens is 374 g/mol. The van der Waals surface area contributed by atoms with Gasteiger partial charge in [-0.2, -0.15) is 0 Å². The van der Waals surface area contributed by atoms with Gasteiger partial charge in [0.05, 0.1) is 13.2 Å². The molecule has 0 N–H and O–H groups in total. The molecule has 2 aromatic carbocycles. The summed E-state index contributed by atoms with van der Waals surface area (Å²) in [4.78, 5) is 26.0. The molecule has 0 spiro atoms. The Morgan fingerprint density at radius 2 is 1.93 bits per heavy atom. The highest BCUT2D eigenvalue weighted by Crippen LogP contribution is 2.59. The van der Waals surface area contributed by atoms with Gasteiger partial charge in [-0.15, -0.1) is 0 Å². The van der Waals surface area contributed by atoms with Gasteiger partial charge in [0, 0.05) is 37.1 Å². The zero-order valence-electron chi connectivity index (χ0n) is 16.5. The molecule has 0 fully saturated rings. The van der Waals surface area contributed by atoms with Crippen LogP contribution in [0.5, 0.6) is 23.0 Å². The minimum absolute atomic E-state index is 0.0304. The van der Waals surface area contributed by atoms with E-state index in [-0.39, 0.29) is 24.7 Å². The van der Waals surface area contributed by atoms with Crippen LogP contribution >= 0.6 is 0 Å². The fraction of sp³-hybridized carbons (Fsp3) is 0.364. The molecule has 5 rings (SSSR count). The minimum Gasteiger partial charge on any atom is -0.492 e. The summed E-state index contributed by atoms with van der Waals surface area (Å²) in [5.74, 6) is 1.94. The van der Waals surface area contributed by atoms with Crippen molar-refractivity contribution in [2.45, 2.75) is 32.7 Å². The van der Waals surface area contributed by atoms with E-state index in [0.29, 0.717) is 42.4 Å². The van der Waals surface area contributed by atoms with Crippen molar-refractivity contribution in [3.63, 3.8) is 0 Å². The third-order valence-electron chi connectivity index (χ3n) is 5.86. The van der Waals surface area contributed by atoms with E-state index in [2.05, 4.69) is 0 Å². The number of hydrogen-bond donors (Lipinski definition) is 0. The molecule has 2 aliphatic heterocycles. The monoisotopic (exact) mass is 395 g/mol. The number of benzene rings is 2. The second kappa shape index (κ2) is 6.40.